The molecule has 0 saturated carbocycles. The molecule has 1 aliphatic heterocycles. The third kappa shape index (κ3) is 3.44. The Morgan fingerprint density at radius 3 is 3.00 bits per heavy atom. The zero-order chi connectivity index (χ0) is 12.3. The standard InChI is InChI=1S/C12H21ClN4/c1-16(8-10-5-3-4-6-14-10)9-12-15-7-11(13)17(12)2/h7,10,14H,3-6,8-9H2,1-2H3. The first-order chi connectivity index (χ1) is 8.16. The van der Waals surface area contributed by atoms with Gasteiger partial charge in [0.15, 0.2) is 0 Å². The average molecular weight is 257 g/mol. The van der Waals surface area contributed by atoms with Gasteiger partial charge in [0.2, 0.25) is 0 Å². The summed E-state index contributed by atoms with van der Waals surface area (Å²) in [6, 6.07) is 0.629. The summed E-state index contributed by atoms with van der Waals surface area (Å²) in [5.41, 5.74) is 0. The monoisotopic (exact) mass is 256 g/mol. The SMILES string of the molecule is CN(Cc1ncc(Cl)n1C)CC1CCCCN1. The van der Waals surface area contributed by atoms with E-state index >= 15 is 0 Å². The lowest BCUT2D eigenvalue weighted by Gasteiger charge is -2.28. The molecule has 1 unspecified atom stereocenters. The van der Waals surface area contributed by atoms with E-state index < -0.39 is 0 Å². The van der Waals surface area contributed by atoms with Crippen LogP contribution in [0.25, 0.3) is 0 Å². The molecule has 0 amide bonds. The molecule has 17 heavy (non-hydrogen) atoms. The minimum atomic E-state index is 0.629. The van der Waals surface area contributed by atoms with Crippen LogP contribution in [-0.2, 0) is 13.6 Å². The van der Waals surface area contributed by atoms with Gasteiger partial charge in [-0.1, -0.05) is 18.0 Å². The van der Waals surface area contributed by atoms with Gasteiger partial charge >= 0.3 is 0 Å². The Hall–Kier alpha value is -0.580. The van der Waals surface area contributed by atoms with Crippen molar-refractivity contribution in [1.29, 1.82) is 0 Å². The summed E-state index contributed by atoms with van der Waals surface area (Å²) >= 11 is 5.97. The number of hydrogen-bond donors (Lipinski definition) is 1. The zero-order valence-electron chi connectivity index (χ0n) is 10.6. The maximum Gasteiger partial charge on any atom is 0.128 e. The highest BCUT2D eigenvalue weighted by Crippen LogP contribution is 2.12. The Morgan fingerprint density at radius 2 is 2.41 bits per heavy atom. The van der Waals surface area contributed by atoms with E-state index in [9.17, 15) is 0 Å². The first-order valence-electron chi connectivity index (χ1n) is 6.25. The molecule has 0 bridgehead atoms. The van der Waals surface area contributed by atoms with Crippen molar-refractivity contribution in [3.8, 4) is 0 Å². The van der Waals surface area contributed by atoms with Gasteiger partial charge in [0, 0.05) is 19.6 Å². The number of imidazole rings is 1. The van der Waals surface area contributed by atoms with E-state index in [0.29, 0.717) is 11.2 Å². The van der Waals surface area contributed by atoms with Crippen LogP contribution in [0.1, 0.15) is 25.1 Å². The highest BCUT2D eigenvalue weighted by Gasteiger charge is 2.15. The molecule has 0 aromatic carbocycles. The second kappa shape index (κ2) is 5.85. The lowest BCUT2D eigenvalue weighted by atomic mass is 10.0. The minimum Gasteiger partial charge on any atom is -0.321 e. The molecule has 1 fully saturated rings. The van der Waals surface area contributed by atoms with Gasteiger partial charge < -0.3 is 9.88 Å². The summed E-state index contributed by atoms with van der Waals surface area (Å²) in [5.74, 6) is 1.02. The van der Waals surface area contributed by atoms with Crippen molar-refractivity contribution in [2.75, 3.05) is 20.1 Å². The largest absolute Gasteiger partial charge is 0.321 e. The van der Waals surface area contributed by atoms with Crippen LogP contribution in [0.15, 0.2) is 6.20 Å². The number of nitrogens with zero attached hydrogens (tertiary/aromatic N) is 3. The highest BCUT2D eigenvalue weighted by molar-refractivity contribution is 6.29. The summed E-state index contributed by atoms with van der Waals surface area (Å²) in [7, 11) is 4.09. The molecule has 4 nitrogen and oxygen atoms in total. The molecule has 1 N–H and O–H groups in total. The van der Waals surface area contributed by atoms with Crippen LogP contribution in [-0.4, -0.2) is 40.6 Å². The second-order valence-corrected chi connectivity index (χ2v) is 5.29. The van der Waals surface area contributed by atoms with Gasteiger partial charge in [0.05, 0.1) is 12.7 Å². The van der Waals surface area contributed by atoms with Crippen LogP contribution >= 0.6 is 11.6 Å². The summed E-state index contributed by atoms with van der Waals surface area (Å²) < 4.78 is 1.94. The summed E-state index contributed by atoms with van der Waals surface area (Å²) in [6.45, 7) is 3.08. The maximum absolute atomic E-state index is 5.97. The Bertz CT molecular complexity index is 357. The molecule has 1 atom stereocenters. The van der Waals surface area contributed by atoms with Crippen molar-refractivity contribution in [2.45, 2.75) is 31.8 Å². The number of nitrogens with one attached hydrogen (secondary N) is 1. The fraction of sp³-hybridized carbons (Fsp3) is 0.750. The highest BCUT2D eigenvalue weighted by atomic mass is 35.5. The molecule has 1 saturated heterocycles. The van der Waals surface area contributed by atoms with Gasteiger partial charge in [-0.05, 0) is 26.4 Å². The number of likely N-dealkylation sites (N-methyl/N-ethyl adjacent to an activating group) is 1. The smallest absolute Gasteiger partial charge is 0.128 e. The first kappa shape index (κ1) is 12.9. The molecule has 5 heteroatoms. The van der Waals surface area contributed by atoms with E-state index in [1.165, 1.54) is 19.3 Å². The van der Waals surface area contributed by atoms with Crippen molar-refractivity contribution in [3.63, 3.8) is 0 Å². The van der Waals surface area contributed by atoms with E-state index in [-0.39, 0.29) is 0 Å². The van der Waals surface area contributed by atoms with Gasteiger partial charge in [-0.3, -0.25) is 4.90 Å². The molecule has 1 aromatic rings. The van der Waals surface area contributed by atoms with E-state index in [2.05, 4.69) is 22.2 Å². The van der Waals surface area contributed by atoms with Crippen LogP contribution in [0.4, 0.5) is 0 Å². The summed E-state index contributed by atoms with van der Waals surface area (Å²) in [6.07, 6.45) is 5.66. The molecule has 96 valence electrons. The van der Waals surface area contributed by atoms with Crippen LogP contribution in [0.3, 0.4) is 0 Å². The van der Waals surface area contributed by atoms with Crippen molar-refractivity contribution >= 4 is 11.6 Å². The third-order valence-electron chi connectivity index (χ3n) is 3.38. The maximum atomic E-state index is 5.97. The molecular formula is C12H21ClN4. The van der Waals surface area contributed by atoms with Crippen molar-refractivity contribution in [2.24, 2.45) is 7.05 Å². The lowest BCUT2D eigenvalue weighted by molar-refractivity contribution is 0.250. The number of halogens is 1. The fourth-order valence-corrected chi connectivity index (χ4v) is 2.48. The van der Waals surface area contributed by atoms with Crippen molar-refractivity contribution < 1.29 is 0 Å². The molecule has 0 aliphatic carbocycles. The Kier molecular flexibility index (Phi) is 4.42. The van der Waals surface area contributed by atoms with Gasteiger partial charge in [-0.2, -0.15) is 0 Å². The van der Waals surface area contributed by atoms with Gasteiger partial charge in [-0.15, -0.1) is 0 Å². The zero-order valence-corrected chi connectivity index (χ0v) is 11.4. The summed E-state index contributed by atoms with van der Waals surface area (Å²) in [4.78, 5) is 6.62. The molecule has 0 radical (unpaired) electrons. The lowest BCUT2D eigenvalue weighted by Crippen LogP contribution is -2.42. The first-order valence-corrected chi connectivity index (χ1v) is 6.62. The minimum absolute atomic E-state index is 0.629. The summed E-state index contributed by atoms with van der Waals surface area (Å²) in [5, 5.41) is 4.26. The number of rotatable bonds is 4. The molecule has 2 rings (SSSR count). The third-order valence-corrected chi connectivity index (χ3v) is 3.73. The quantitative estimate of drug-likeness (QED) is 0.889. The Balaban J connectivity index is 1.84. The van der Waals surface area contributed by atoms with Crippen LogP contribution < -0.4 is 5.32 Å². The van der Waals surface area contributed by atoms with E-state index in [4.69, 9.17) is 11.6 Å². The van der Waals surface area contributed by atoms with E-state index in [0.717, 1.165) is 25.5 Å². The van der Waals surface area contributed by atoms with Crippen LogP contribution in [0, 0.1) is 0 Å². The van der Waals surface area contributed by atoms with Gasteiger partial charge in [0.25, 0.3) is 0 Å². The second-order valence-electron chi connectivity index (χ2n) is 4.90. The molecule has 0 spiro atoms. The molecular weight excluding hydrogens is 236 g/mol. The van der Waals surface area contributed by atoms with Crippen molar-refractivity contribution in [3.05, 3.63) is 17.2 Å². The normalized spacial score (nSPS) is 21.1. The Labute approximate surface area is 108 Å². The van der Waals surface area contributed by atoms with E-state index in [1.54, 1.807) is 6.20 Å². The van der Waals surface area contributed by atoms with Crippen LogP contribution in [0.5, 0.6) is 0 Å². The number of hydrogen-bond acceptors (Lipinski definition) is 3. The Morgan fingerprint density at radius 1 is 1.59 bits per heavy atom. The van der Waals surface area contributed by atoms with Crippen LogP contribution in [0.2, 0.25) is 5.15 Å². The topological polar surface area (TPSA) is 33.1 Å². The average Bonchev–Trinajstić information content (AvgIpc) is 2.62. The molecule has 2 heterocycles. The predicted octanol–water partition coefficient (Wildman–Crippen LogP) is 1.65. The van der Waals surface area contributed by atoms with E-state index in [1.807, 2.05) is 11.6 Å². The molecule has 1 aromatic heterocycles. The van der Waals surface area contributed by atoms with Gasteiger partial charge in [-0.25, -0.2) is 4.98 Å². The molecule has 1 aliphatic rings. The van der Waals surface area contributed by atoms with Crippen molar-refractivity contribution in [1.82, 2.24) is 19.8 Å². The van der Waals surface area contributed by atoms with Gasteiger partial charge in [0.1, 0.15) is 11.0 Å². The predicted molar refractivity (Wildman–Crippen MR) is 70.2 cm³/mol. The fourth-order valence-electron chi connectivity index (χ4n) is 2.33. The number of aromatic nitrogens is 2. The number of piperidine rings is 1.